The van der Waals surface area contributed by atoms with Crippen LogP contribution >= 0.6 is 0 Å². The van der Waals surface area contributed by atoms with Crippen LogP contribution in [0.15, 0.2) is 40.2 Å². The van der Waals surface area contributed by atoms with E-state index < -0.39 is 23.7 Å². The molecular weight excluding hydrogens is 440 g/mol. The molecule has 1 aliphatic heterocycles. The van der Waals surface area contributed by atoms with E-state index in [1.54, 1.807) is 36.2 Å². The van der Waals surface area contributed by atoms with E-state index in [4.69, 9.17) is 4.74 Å². The Bertz CT molecular complexity index is 1340. The van der Waals surface area contributed by atoms with Crippen molar-refractivity contribution < 1.29 is 14.3 Å². The number of ether oxygens (including phenoxy) is 1. The van der Waals surface area contributed by atoms with Gasteiger partial charge in [0.15, 0.2) is 11.2 Å². The van der Waals surface area contributed by atoms with Gasteiger partial charge >= 0.3 is 5.69 Å². The van der Waals surface area contributed by atoms with Crippen molar-refractivity contribution in [2.45, 2.75) is 39.1 Å². The van der Waals surface area contributed by atoms with Crippen LogP contribution in [-0.2, 0) is 36.7 Å². The Labute approximate surface area is 195 Å². The van der Waals surface area contributed by atoms with Gasteiger partial charge in [-0.1, -0.05) is 12.1 Å². The van der Waals surface area contributed by atoms with E-state index in [1.807, 2.05) is 13.8 Å². The van der Waals surface area contributed by atoms with Gasteiger partial charge < -0.3 is 19.5 Å². The van der Waals surface area contributed by atoms with E-state index in [2.05, 4.69) is 10.3 Å². The van der Waals surface area contributed by atoms with E-state index in [0.717, 1.165) is 10.1 Å². The smallest absolute Gasteiger partial charge is 0.332 e. The maximum absolute atomic E-state index is 12.8. The first-order valence-electron chi connectivity index (χ1n) is 11.1. The predicted octanol–water partition coefficient (Wildman–Crippen LogP) is -0.000500. The summed E-state index contributed by atoms with van der Waals surface area (Å²) in [6.07, 6.45) is 1.43. The fourth-order valence-electron chi connectivity index (χ4n) is 4.23. The molecule has 0 saturated carbocycles. The van der Waals surface area contributed by atoms with Crippen LogP contribution < -0.4 is 16.6 Å². The van der Waals surface area contributed by atoms with Gasteiger partial charge in [-0.3, -0.25) is 19.0 Å². The van der Waals surface area contributed by atoms with Gasteiger partial charge in [-0.25, -0.2) is 14.3 Å². The Morgan fingerprint density at radius 1 is 1.09 bits per heavy atom. The highest BCUT2D eigenvalue weighted by Crippen LogP contribution is 2.15. The van der Waals surface area contributed by atoms with Gasteiger partial charge in [0.25, 0.3) is 11.5 Å². The molecule has 2 atom stereocenters. The van der Waals surface area contributed by atoms with Crippen molar-refractivity contribution in [2.24, 2.45) is 14.1 Å². The fourth-order valence-corrected chi connectivity index (χ4v) is 4.23. The lowest BCUT2D eigenvalue weighted by atomic mass is 10.1. The third-order valence-corrected chi connectivity index (χ3v) is 5.90. The molecule has 1 aliphatic rings. The fraction of sp³-hybridized carbons (Fsp3) is 0.435. The van der Waals surface area contributed by atoms with E-state index >= 15 is 0 Å². The number of rotatable bonds is 5. The zero-order valence-corrected chi connectivity index (χ0v) is 19.6. The second kappa shape index (κ2) is 9.26. The first-order chi connectivity index (χ1) is 16.2. The van der Waals surface area contributed by atoms with Crippen LogP contribution in [0.1, 0.15) is 29.8 Å². The van der Waals surface area contributed by atoms with Gasteiger partial charge in [0.2, 0.25) is 5.91 Å². The number of aromatic nitrogens is 4. The van der Waals surface area contributed by atoms with Crippen LogP contribution in [0.4, 0.5) is 0 Å². The van der Waals surface area contributed by atoms with Crippen molar-refractivity contribution >= 4 is 23.0 Å². The largest absolute Gasteiger partial charge is 0.372 e. The van der Waals surface area contributed by atoms with Crippen LogP contribution in [0, 0.1) is 0 Å². The molecule has 2 aromatic heterocycles. The lowest BCUT2D eigenvalue weighted by molar-refractivity contribution is -0.121. The summed E-state index contributed by atoms with van der Waals surface area (Å²) in [5, 5.41) is 2.72. The number of benzene rings is 1. The number of amides is 2. The average molecular weight is 469 g/mol. The van der Waals surface area contributed by atoms with Crippen molar-refractivity contribution in [1.29, 1.82) is 0 Å². The normalized spacial score (nSPS) is 18.3. The zero-order chi connectivity index (χ0) is 24.6. The summed E-state index contributed by atoms with van der Waals surface area (Å²) >= 11 is 0. The number of hydrogen-bond acceptors (Lipinski definition) is 6. The molecule has 1 saturated heterocycles. The number of hydrogen-bond donors (Lipinski definition) is 1. The lowest BCUT2D eigenvalue weighted by Gasteiger charge is -2.35. The monoisotopic (exact) mass is 468 g/mol. The van der Waals surface area contributed by atoms with Crippen molar-refractivity contribution in [3.05, 3.63) is 62.6 Å². The molecule has 0 spiro atoms. The molecule has 11 heteroatoms. The van der Waals surface area contributed by atoms with Crippen molar-refractivity contribution in [3.8, 4) is 0 Å². The Morgan fingerprint density at radius 2 is 1.74 bits per heavy atom. The van der Waals surface area contributed by atoms with E-state index in [0.29, 0.717) is 18.7 Å². The molecule has 0 radical (unpaired) electrons. The number of carbonyl (C=O) groups is 2. The molecule has 2 amide bonds. The molecule has 3 aromatic rings. The first-order valence-corrected chi connectivity index (χ1v) is 11.1. The standard InChI is InChI=1S/C23H28N6O5/c1-14-10-28(11-15(2)34-14)21(31)17-7-5-16(6-8-17)9-24-18(30)12-29-22(32)19-20(25-13-26(19)3)27(4)23(29)33/h5-8,13-15H,9-12H2,1-4H3,(H,24,30). The summed E-state index contributed by atoms with van der Waals surface area (Å²) in [7, 11) is 3.16. The van der Waals surface area contributed by atoms with E-state index in [1.165, 1.54) is 22.5 Å². The van der Waals surface area contributed by atoms with Crippen molar-refractivity contribution in [3.63, 3.8) is 0 Å². The van der Waals surface area contributed by atoms with Gasteiger partial charge in [0, 0.05) is 39.3 Å². The topological polar surface area (TPSA) is 120 Å². The molecule has 0 aliphatic carbocycles. The van der Waals surface area contributed by atoms with Gasteiger partial charge in [-0.05, 0) is 31.5 Å². The summed E-state index contributed by atoms with van der Waals surface area (Å²) in [5.41, 5.74) is 0.694. The minimum Gasteiger partial charge on any atom is -0.372 e. The molecule has 180 valence electrons. The number of carbonyl (C=O) groups excluding carboxylic acids is 2. The third-order valence-electron chi connectivity index (χ3n) is 5.90. The molecular formula is C23H28N6O5. The molecule has 1 N–H and O–H groups in total. The number of nitrogens with one attached hydrogen (secondary N) is 1. The average Bonchev–Trinajstić information content (AvgIpc) is 3.20. The Balaban J connectivity index is 1.40. The van der Waals surface area contributed by atoms with Crippen molar-refractivity contribution in [2.75, 3.05) is 13.1 Å². The Hall–Kier alpha value is -3.73. The molecule has 3 heterocycles. The first kappa shape index (κ1) is 23.4. The maximum Gasteiger partial charge on any atom is 0.332 e. The summed E-state index contributed by atoms with van der Waals surface area (Å²) in [6, 6.07) is 7.00. The maximum atomic E-state index is 12.8. The van der Waals surface area contributed by atoms with Crippen molar-refractivity contribution in [1.82, 2.24) is 28.9 Å². The molecule has 2 unspecified atom stereocenters. The minimum atomic E-state index is -0.610. The van der Waals surface area contributed by atoms with Crippen LogP contribution in [0.3, 0.4) is 0 Å². The highest BCUT2D eigenvalue weighted by molar-refractivity contribution is 5.94. The number of fused-ring (bicyclic) bond motifs is 1. The Morgan fingerprint density at radius 3 is 2.38 bits per heavy atom. The summed E-state index contributed by atoms with van der Waals surface area (Å²) in [5.74, 6) is -0.532. The zero-order valence-electron chi connectivity index (χ0n) is 19.6. The quantitative estimate of drug-likeness (QED) is 0.563. The summed E-state index contributed by atoms with van der Waals surface area (Å²) in [6.45, 7) is 4.77. The minimum absolute atomic E-state index is 0.00915. The van der Waals surface area contributed by atoms with E-state index in [-0.39, 0.29) is 35.8 Å². The highest BCUT2D eigenvalue weighted by atomic mass is 16.5. The van der Waals surface area contributed by atoms with Crippen LogP contribution in [-0.4, -0.2) is 60.7 Å². The Kier molecular flexibility index (Phi) is 6.38. The second-order valence-electron chi connectivity index (χ2n) is 8.70. The molecule has 11 nitrogen and oxygen atoms in total. The third kappa shape index (κ3) is 4.51. The summed E-state index contributed by atoms with van der Waals surface area (Å²) in [4.78, 5) is 56.4. The van der Waals surface area contributed by atoms with Gasteiger partial charge in [0.05, 0.1) is 18.5 Å². The highest BCUT2D eigenvalue weighted by Gasteiger charge is 2.26. The number of morpholine rings is 1. The van der Waals surface area contributed by atoms with Crippen LogP contribution in [0.5, 0.6) is 0 Å². The summed E-state index contributed by atoms with van der Waals surface area (Å²) < 4.78 is 9.34. The van der Waals surface area contributed by atoms with Gasteiger partial charge in [-0.15, -0.1) is 0 Å². The molecule has 1 fully saturated rings. The SMILES string of the molecule is CC1CN(C(=O)c2ccc(CNC(=O)Cn3c(=O)c4c(ncn4C)n(C)c3=O)cc2)CC(C)O1. The lowest BCUT2D eigenvalue weighted by Crippen LogP contribution is -2.48. The predicted molar refractivity (Wildman–Crippen MR) is 124 cm³/mol. The van der Waals surface area contributed by atoms with Gasteiger partial charge in [0.1, 0.15) is 6.54 Å². The molecule has 1 aromatic carbocycles. The second-order valence-corrected chi connectivity index (χ2v) is 8.70. The molecule has 34 heavy (non-hydrogen) atoms. The number of imidazole rings is 1. The van der Waals surface area contributed by atoms with Gasteiger partial charge in [-0.2, -0.15) is 0 Å². The van der Waals surface area contributed by atoms with Crippen LogP contribution in [0.25, 0.3) is 11.2 Å². The molecule has 4 rings (SSSR count). The molecule has 0 bridgehead atoms. The van der Waals surface area contributed by atoms with E-state index in [9.17, 15) is 19.2 Å². The van der Waals surface area contributed by atoms with Crippen LogP contribution in [0.2, 0.25) is 0 Å². The number of aryl methyl sites for hydroxylation is 2. The number of nitrogens with zero attached hydrogens (tertiary/aromatic N) is 5.